The monoisotopic (exact) mass is 172 g/mol. The Bertz CT molecular complexity index is 247. The fourth-order valence-electron chi connectivity index (χ4n) is 0.425. The molecule has 0 unspecified atom stereocenters. The number of nitrogens with zero attached hydrogens (tertiary/aromatic N) is 2. The van der Waals surface area contributed by atoms with Crippen molar-refractivity contribution in [1.82, 2.24) is 14.9 Å². The maximum atomic E-state index is 10.6. The van der Waals surface area contributed by atoms with Gasteiger partial charge in [0.25, 0.3) is 0 Å². The Kier molecular flexibility index (Phi) is 2.50. The number of carbonyl (C=O) groups excluding carboxylic acids is 2. The Labute approximate surface area is 65.8 Å². The Morgan fingerprint density at radius 1 is 1.73 bits per heavy atom. The summed E-state index contributed by atoms with van der Waals surface area (Å²) in [5.41, 5.74) is 0. The number of aromatic nitrogens is 2. The molecule has 0 saturated heterocycles. The van der Waals surface area contributed by atoms with Crippen molar-refractivity contribution >= 4 is 29.8 Å². The molecule has 0 aliphatic rings. The van der Waals surface area contributed by atoms with E-state index in [9.17, 15) is 9.59 Å². The van der Waals surface area contributed by atoms with Crippen LogP contribution in [0, 0.1) is 0 Å². The molecular weight excluding hydrogens is 168 g/mol. The predicted molar refractivity (Wildman–Crippen MR) is 38.1 cm³/mol. The lowest BCUT2D eigenvalue weighted by molar-refractivity contribution is -0.108. The van der Waals surface area contributed by atoms with Crippen LogP contribution in [0.5, 0.6) is 0 Å². The third-order valence-corrected chi connectivity index (χ3v) is 1.30. The molecule has 0 spiro atoms. The summed E-state index contributed by atoms with van der Waals surface area (Å²) in [6.45, 7) is 0. The van der Waals surface area contributed by atoms with Crippen LogP contribution in [0.4, 0.5) is 10.6 Å². The van der Waals surface area contributed by atoms with Gasteiger partial charge in [-0.25, -0.2) is 4.79 Å². The fourth-order valence-corrected chi connectivity index (χ4v) is 0.813. The molecule has 0 saturated carbocycles. The molecule has 0 aliphatic heterocycles. The molecule has 58 valence electrons. The number of nitrogens with one attached hydrogen (secondary N) is 2. The van der Waals surface area contributed by atoms with Crippen molar-refractivity contribution in [3.05, 3.63) is 5.38 Å². The summed E-state index contributed by atoms with van der Waals surface area (Å²) in [7, 11) is 0. The molecule has 2 N–H and O–H groups in total. The van der Waals surface area contributed by atoms with Crippen molar-refractivity contribution in [2.45, 2.75) is 0 Å². The topological polar surface area (TPSA) is 84.0 Å². The minimum absolute atomic E-state index is 0.287. The van der Waals surface area contributed by atoms with Crippen molar-refractivity contribution in [2.75, 3.05) is 5.32 Å². The van der Waals surface area contributed by atoms with Gasteiger partial charge in [0, 0.05) is 0 Å². The molecule has 6 nitrogen and oxygen atoms in total. The number of hydrogen-bond donors (Lipinski definition) is 2. The lowest BCUT2D eigenvalue weighted by Crippen LogP contribution is -2.27. The Morgan fingerprint density at radius 2 is 2.55 bits per heavy atom. The van der Waals surface area contributed by atoms with Crippen LogP contribution in [0.1, 0.15) is 0 Å². The molecule has 0 aliphatic carbocycles. The van der Waals surface area contributed by atoms with Gasteiger partial charge in [0.15, 0.2) is 5.82 Å². The van der Waals surface area contributed by atoms with Crippen LogP contribution in [0.2, 0.25) is 0 Å². The average Bonchev–Trinajstić information content (AvgIpc) is 2.40. The summed E-state index contributed by atoms with van der Waals surface area (Å²) in [5.74, 6) is 0.328. The van der Waals surface area contributed by atoms with Gasteiger partial charge in [-0.15, -0.1) is 5.10 Å². The highest BCUT2D eigenvalue weighted by Crippen LogP contribution is 2.01. The molecule has 0 fully saturated rings. The van der Waals surface area contributed by atoms with Crippen molar-refractivity contribution < 1.29 is 9.59 Å². The highest BCUT2D eigenvalue weighted by molar-refractivity contribution is 7.03. The number of hydrogen-bond acceptors (Lipinski definition) is 5. The predicted octanol–water partition coefficient (Wildman–Crippen LogP) is -0.184. The van der Waals surface area contributed by atoms with Crippen molar-refractivity contribution in [3.8, 4) is 0 Å². The standard InChI is InChI=1S/C4H4N4O2S/c9-2-5-4(10)6-3-1-11-8-7-3/h1-2H,(H2,5,6,9,10). The van der Waals surface area contributed by atoms with Crippen molar-refractivity contribution in [3.63, 3.8) is 0 Å². The van der Waals surface area contributed by atoms with Gasteiger partial charge in [-0.05, 0) is 11.5 Å². The molecule has 1 rings (SSSR count). The average molecular weight is 172 g/mol. The van der Waals surface area contributed by atoms with Crippen LogP contribution in [-0.4, -0.2) is 22.0 Å². The number of anilines is 1. The lowest BCUT2D eigenvalue weighted by Gasteiger charge is -1.95. The lowest BCUT2D eigenvalue weighted by atomic mass is 10.7. The van der Waals surface area contributed by atoms with Crippen LogP contribution >= 0.6 is 11.5 Å². The molecular formula is C4H4N4O2S. The van der Waals surface area contributed by atoms with Gasteiger partial charge in [0.05, 0.1) is 5.38 Å². The van der Waals surface area contributed by atoms with Gasteiger partial charge in [0.1, 0.15) is 0 Å². The summed E-state index contributed by atoms with van der Waals surface area (Å²) in [5, 5.41) is 9.23. The number of urea groups is 1. The highest BCUT2D eigenvalue weighted by Gasteiger charge is 2.00. The molecule has 1 aromatic heterocycles. The highest BCUT2D eigenvalue weighted by atomic mass is 32.1. The molecule has 0 atom stereocenters. The van der Waals surface area contributed by atoms with E-state index in [1.807, 2.05) is 5.32 Å². The minimum atomic E-state index is -0.618. The zero-order chi connectivity index (χ0) is 8.10. The summed E-state index contributed by atoms with van der Waals surface area (Å²) < 4.78 is 3.50. The second-order valence-corrected chi connectivity index (χ2v) is 2.12. The molecule has 0 aromatic carbocycles. The first kappa shape index (κ1) is 7.61. The van der Waals surface area contributed by atoms with E-state index >= 15 is 0 Å². The number of rotatable bonds is 2. The number of amides is 3. The van der Waals surface area contributed by atoms with Crippen LogP contribution in [0.15, 0.2) is 5.38 Å². The first-order valence-corrected chi connectivity index (χ1v) is 3.45. The van der Waals surface area contributed by atoms with E-state index in [0.29, 0.717) is 5.82 Å². The Balaban J connectivity index is 2.43. The van der Waals surface area contributed by atoms with Gasteiger partial charge in [-0.3, -0.25) is 15.4 Å². The molecule has 3 amide bonds. The summed E-state index contributed by atoms with van der Waals surface area (Å²) in [6.07, 6.45) is 0.287. The third kappa shape index (κ3) is 2.30. The van der Waals surface area contributed by atoms with Crippen LogP contribution in [0.3, 0.4) is 0 Å². The molecule has 1 heterocycles. The summed E-state index contributed by atoms with van der Waals surface area (Å²) in [6, 6.07) is -0.618. The third-order valence-electron chi connectivity index (χ3n) is 0.792. The first-order valence-electron chi connectivity index (χ1n) is 2.61. The van der Waals surface area contributed by atoms with E-state index in [-0.39, 0.29) is 6.41 Å². The zero-order valence-corrected chi connectivity index (χ0v) is 6.09. The van der Waals surface area contributed by atoms with Crippen LogP contribution in [0.25, 0.3) is 0 Å². The van der Waals surface area contributed by atoms with Crippen molar-refractivity contribution in [1.29, 1.82) is 0 Å². The molecule has 11 heavy (non-hydrogen) atoms. The second-order valence-electron chi connectivity index (χ2n) is 1.51. The fraction of sp³-hybridized carbons (Fsp3) is 0. The van der Waals surface area contributed by atoms with Crippen LogP contribution in [-0.2, 0) is 4.79 Å². The first-order chi connectivity index (χ1) is 5.33. The van der Waals surface area contributed by atoms with E-state index in [4.69, 9.17) is 0 Å². The molecule has 0 bridgehead atoms. The molecule has 0 radical (unpaired) electrons. The minimum Gasteiger partial charge on any atom is -0.290 e. The second kappa shape index (κ2) is 3.62. The van der Waals surface area contributed by atoms with Crippen LogP contribution < -0.4 is 10.6 Å². The van der Waals surface area contributed by atoms with E-state index in [2.05, 4.69) is 14.9 Å². The van der Waals surface area contributed by atoms with Gasteiger partial charge in [-0.1, -0.05) is 4.49 Å². The summed E-state index contributed by atoms with van der Waals surface area (Å²) in [4.78, 5) is 20.3. The van der Waals surface area contributed by atoms with E-state index in [0.717, 1.165) is 11.5 Å². The number of imide groups is 1. The van der Waals surface area contributed by atoms with E-state index in [1.54, 1.807) is 5.38 Å². The summed E-state index contributed by atoms with van der Waals surface area (Å²) >= 11 is 1.11. The maximum absolute atomic E-state index is 10.6. The van der Waals surface area contributed by atoms with E-state index in [1.165, 1.54) is 0 Å². The SMILES string of the molecule is O=CNC(=O)Nc1csnn1. The Morgan fingerprint density at radius 3 is 3.09 bits per heavy atom. The Hall–Kier alpha value is -1.50. The van der Waals surface area contributed by atoms with Gasteiger partial charge in [-0.2, -0.15) is 0 Å². The zero-order valence-electron chi connectivity index (χ0n) is 5.27. The maximum Gasteiger partial charge on any atom is 0.326 e. The number of carbonyl (C=O) groups is 2. The normalized spacial score (nSPS) is 8.73. The quantitative estimate of drug-likeness (QED) is 0.606. The molecule has 7 heteroatoms. The van der Waals surface area contributed by atoms with Gasteiger partial charge >= 0.3 is 6.03 Å². The van der Waals surface area contributed by atoms with Gasteiger partial charge in [0.2, 0.25) is 6.41 Å². The van der Waals surface area contributed by atoms with E-state index < -0.39 is 6.03 Å². The van der Waals surface area contributed by atoms with Crippen molar-refractivity contribution in [2.24, 2.45) is 0 Å². The largest absolute Gasteiger partial charge is 0.326 e. The van der Waals surface area contributed by atoms with Gasteiger partial charge < -0.3 is 0 Å². The smallest absolute Gasteiger partial charge is 0.290 e. The molecule has 1 aromatic rings.